The molecule has 120 valence electrons. The van der Waals surface area contributed by atoms with Crippen LogP contribution in [0.15, 0.2) is 53.5 Å². The number of aryl methyl sites for hydroxylation is 1. The molecule has 0 unspecified atom stereocenters. The molecule has 2 N–H and O–H groups in total. The number of nitrogens with one attached hydrogen (secondary N) is 1. The molecule has 0 bridgehead atoms. The fourth-order valence-corrected chi connectivity index (χ4v) is 3.09. The predicted molar refractivity (Wildman–Crippen MR) is 95.3 cm³/mol. The van der Waals surface area contributed by atoms with Gasteiger partial charge in [0.25, 0.3) is 5.91 Å². The maximum atomic E-state index is 12.5. The number of amides is 1. The van der Waals surface area contributed by atoms with Crippen molar-refractivity contribution in [2.24, 2.45) is 4.99 Å². The Morgan fingerprint density at radius 1 is 1.08 bits per heavy atom. The molecule has 4 rings (SSSR count). The highest BCUT2D eigenvalue weighted by molar-refractivity contribution is 6.30. The van der Waals surface area contributed by atoms with Crippen molar-refractivity contribution in [3.8, 4) is 17.1 Å². The number of aromatic nitrogens is 1. The van der Waals surface area contributed by atoms with Gasteiger partial charge in [0.2, 0.25) is 0 Å². The van der Waals surface area contributed by atoms with Gasteiger partial charge in [0.15, 0.2) is 11.6 Å². The zero-order valence-corrected chi connectivity index (χ0v) is 13.4. The third-order valence-corrected chi connectivity index (χ3v) is 4.20. The molecule has 0 aliphatic carbocycles. The summed E-state index contributed by atoms with van der Waals surface area (Å²) < 4.78 is 0. The van der Waals surface area contributed by atoms with E-state index in [0.717, 1.165) is 11.1 Å². The van der Waals surface area contributed by atoms with Crippen molar-refractivity contribution in [2.45, 2.75) is 6.92 Å². The Morgan fingerprint density at radius 2 is 1.84 bits per heavy atom. The highest BCUT2D eigenvalue weighted by atomic mass is 16.3. The number of carbonyl (C=O) groups is 1. The van der Waals surface area contributed by atoms with Crippen molar-refractivity contribution in [1.29, 1.82) is 0 Å². The topological polar surface area (TPSA) is 69.8 Å². The van der Waals surface area contributed by atoms with Crippen LogP contribution in [-0.2, 0) is 0 Å². The number of rotatable bonds is 2. The van der Waals surface area contributed by atoms with Gasteiger partial charge in [0.05, 0.1) is 29.1 Å². The lowest BCUT2D eigenvalue weighted by molar-refractivity contribution is 0.101. The number of nitrogens with zero attached hydrogens (tertiary/aromatic N) is 2. The van der Waals surface area contributed by atoms with E-state index in [1.54, 1.807) is 24.3 Å². The van der Waals surface area contributed by atoms with E-state index in [2.05, 4.69) is 14.8 Å². The van der Waals surface area contributed by atoms with Crippen molar-refractivity contribution >= 4 is 17.3 Å². The molecular formula is C20H13N3O2. The molecule has 1 aromatic heterocycles. The molecule has 1 amide bonds. The Balaban J connectivity index is 1.90. The SMILES string of the molecule is [C-]#[N+]c1cccc(C2=NC(=O)c3c(-c4cccc(C)c4)[nH]c(O)c32)c1. The summed E-state index contributed by atoms with van der Waals surface area (Å²) in [5.74, 6) is -0.490. The average Bonchev–Trinajstić information content (AvgIpc) is 3.14. The zero-order chi connectivity index (χ0) is 17.6. The first-order valence-corrected chi connectivity index (χ1v) is 7.71. The molecule has 1 aliphatic rings. The normalized spacial score (nSPS) is 12.6. The number of hydrogen-bond donors (Lipinski definition) is 2. The van der Waals surface area contributed by atoms with Crippen LogP contribution in [0.25, 0.3) is 16.1 Å². The number of hydrogen-bond acceptors (Lipinski definition) is 2. The number of H-pyrrole nitrogens is 1. The number of benzene rings is 2. The lowest BCUT2D eigenvalue weighted by atomic mass is 9.99. The summed E-state index contributed by atoms with van der Waals surface area (Å²) >= 11 is 0. The van der Waals surface area contributed by atoms with E-state index in [1.807, 2.05) is 31.2 Å². The first-order valence-electron chi connectivity index (χ1n) is 7.71. The molecule has 2 heterocycles. The molecule has 5 nitrogen and oxygen atoms in total. The van der Waals surface area contributed by atoms with E-state index in [0.29, 0.717) is 33.8 Å². The van der Waals surface area contributed by atoms with Gasteiger partial charge in [0.1, 0.15) is 0 Å². The minimum Gasteiger partial charge on any atom is -0.494 e. The maximum Gasteiger partial charge on any atom is 0.280 e. The fraction of sp³-hybridized carbons (Fsp3) is 0.0500. The predicted octanol–water partition coefficient (Wildman–Crippen LogP) is 4.24. The van der Waals surface area contributed by atoms with Crippen LogP contribution in [0.1, 0.15) is 27.0 Å². The molecule has 0 fully saturated rings. The van der Waals surface area contributed by atoms with E-state index in [4.69, 9.17) is 6.57 Å². The third-order valence-electron chi connectivity index (χ3n) is 4.20. The van der Waals surface area contributed by atoms with Crippen LogP contribution in [0.5, 0.6) is 5.88 Å². The molecule has 5 heteroatoms. The Hall–Kier alpha value is -3.65. The Bertz CT molecular complexity index is 1100. The van der Waals surface area contributed by atoms with Crippen LogP contribution < -0.4 is 0 Å². The molecule has 0 saturated carbocycles. The van der Waals surface area contributed by atoms with Crippen LogP contribution in [0.2, 0.25) is 0 Å². The van der Waals surface area contributed by atoms with Crippen LogP contribution in [0, 0.1) is 13.5 Å². The second-order valence-corrected chi connectivity index (χ2v) is 5.90. The third kappa shape index (κ3) is 2.32. The summed E-state index contributed by atoms with van der Waals surface area (Å²) in [6, 6.07) is 14.5. The zero-order valence-electron chi connectivity index (χ0n) is 13.4. The van der Waals surface area contributed by atoms with Crippen LogP contribution >= 0.6 is 0 Å². The second kappa shape index (κ2) is 5.46. The molecule has 3 aromatic rings. The van der Waals surface area contributed by atoms with Crippen molar-refractivity contribution < 1.29 is 9.90 Å². The number of aliphatic imine (C=N–C) groups is 1. The van der Waals surface area contributed by atoms with E-state index < -0.39 is 5.91 Å². The minimum absolute atomic E-state index is 0.0932. The van der Waals surface area contributed by atoms with Gasteiger partial charge in [-0.3, -0.25) is 4.79 Å². The van der Waals surface area contributed by atoms with Crippen LogP contribution in [0.4, 0.5) is 5.69 Å². The average molecular weight is 327 g/mol. The lowest BCUT2D eigenvalue weighted by Gasteiger charge is -2.02. The van der Waals surface area contributed by atoms with Gasteiger partial charge in [-0.1, -0.05) is 42.0 Å². The quantitative estimate of drug-likeness (QED) is 0.691. The molecule has 0 saturated heterocycles. The molecule has 2 aromatic carbocycles. The number of aromatic hydroxyl groups is 1. The van der Waals surface area contributed by atoms with Crippen molar-refractivity contribution in [3.05, 3.63) is 82.2 Å². The largest absolute Gasteiger partial charge is 0.494 e. The monoisotopic (exact) mass is 327 g/mol. The summed E-state index contributed by atoms with van der Waals surface area (Å²) in [4.78, 5) is 23.0. The highest BCUT2D eigenvalue weighted by Gasteiger charge is 2.33. The first kappa shape index (κ1) is 14.9. The van der Waals surface area contributed by atoms with E-state index >= 15 is 0 Å². The summed E-state index contributed by atoms with van der Waals surface area (Å²) in [5, 5.41) is 10.4. The lowest BCUT2D eigenvalue weighted by Crippen LogP contribution is -1.99. The molecule has 0 atom stereocenters. The van der Waals surface area contributed by atoms with Gasteiger partial charge in [-0.15, -0.1) is 0 Å². The highest BCUT2D eigenvalue weighted by Crippen LogP contribution is 2.38. The Kier molecular flexibility index (Phi) is 3.26. The van der Waals surface area contributed by atoms with Gasteiger partial charge < -0.3 is 10.1 Å². The summed E-state index contributed by atoms with van der Waals surface area (Å²) in [6.45, 7) is 9.10. The molecule has 0 radical (unpaired) electrons. The van der Waals surface area contributed by atoms with Crippen molar-refractivity contribution in [3.63, 3.8) is 0 Å². The fourth-order valence-electron chi connectivity index (χ4n) is 3.09. The van der Waals surface area contributed by atoms with Gasteiger partial charge >= 0.3 is 0 Å². The second-order valence-electron chi connectivity index (χ2n) is 5.90. The smallest absolute Gasteiger partial charge is 0.280 e. The molecule has 1 aliphatic heterocycles. The van der Waals surface area contributed by atoms with E-state index in [9.17, 15) is 9.90 Å². The summed E-state index contributed by atoms with van der Waals surface area (Å²) in [5.41, 5.74) is 4.66. The van der Waals surface area contributed by atoms with Gasteiger partial charge in [-0.2, -0.15) is 0 Å². The number of fused-ring (bicyclic) bond motifs is 1. The van der Waals surface area contributed by atoms with Gasteiger partial charge in [-0.05, 0) is 30.2 Å². The van der Waals surface area contributed by atoms with E-state index in [-0.39, 0.29) is 5.88 Å². The Labute approximate surface area is 144 Å². The molecular weight excluding hydrogens is 314 g/mol. The van der Waals surface area contributed by atoms with Crippen LogP contribution in [0.3, 0.4) is 0 Å². The minimum atomic E-state index is -0.397. The molecule has 25 heavy (non-hydrogen) atoms. The standard InChI is InChI=1S/C20H13N3O2/c1-11-5-3-6-12(9-11)17-15-16(20(25)22-17)18(23-19(15)24)13-7-4-8-14(10-13)21-2/h3-10,22,25H,1H3. The van der Waals surface area contributed by atoms with Crippen molar-refractivity contribution in [1.82, 2.24) is 4.98 Å². The number of aromatic amines is 1. The molecule has 0 spiro atoms. The Morgan fingerprint density at radius 3 is 2.60 bits per heavy atom. The van der Waals surface area contributed by atoms with Gasteiger partial charge in [-0.25, -0.2) is 9.84 Å². The first-order chi connectivity index (χ1) is 12.1. The van der Waals surface area contributed by atoms with Gasteiger partial charge in [0, 0.05) is 0 Å². The van der Waals surface area contributed by atoms with Crippen LogP contribution in [-0.4, -0.2) is 21.7 Å². The summed E-state index contributed by atoms with van der Waals surface area (Å²) in [6.07, 6.45) is 0. The maximum absolute atomic E-state index is 12.5. The summed E-state index contributed by atoms with van der Waals surface area (Å²) in [7, 11) is 0. The number of carbonyl (C=O) groups excluding carboxylic acids is 1. The van der Waals surface area contributed by atoms with Crippen molar-refractivity contribution in [2.75, 3.05) is 0 Å². The van der Waals surface area contributed by atoms with E-state index in [1.165, 1.54) is 0 Å².